The smallest absolute Gasteiger partial charge is 0.323 e. The summed E-state index contributed by atoms with van der Waals surface area (Å²) in [6.45, 7) is 7.25. The third-order valence-electron chi connectivity index (χ3n) is 2.15. The Labute approximate surface area is 99.9 Å². The summed E-state index contributed by atoms with van der Waals surface area (Å²) in [6, 6.07) is -0.242. The summed E-state index contributed by atoms with van der Waals surface area (Å²) in [7, 11) is 3.20. The van der Waals surface area contributed by atoms with E-state index in [4.69, 9.17) is 0 Å². The first-order chi connectivity index (χ1) is 8.13. The van der Waals surface area contributed by atoms with Crippen LogP contribution in [0.3, 0.4) is 0 Å². The molecule has 0 aliphatic heterocycles. The zero-order valence-electron chi connectivity index (χ0n) is 10.0. The van der Waals surface area contributed by atoms with Crippen molar-refractivity contribution in [2.24, 2.45) is 0 Å². The van der Waals surface area contributed by atoms with Crippen LogP contribution in [-0.2, 0) is 0 Å². The zero-order chi connectivity index (χ0) is 12.8. The van der Waals surface area contributed by atoms with Gasteiger partial charge >= 0.3 is 6.03 Å². The van der Waals surface area contributed by atoms with E-state index in [0.29, 0.717) is 11.3 Å². The Balaban J connectivity index is 3.31. The molecule has 17 heavy (non-hydrogen) atoms. The van der Waals surface area contributed by atoms with Crippen LogP contribution < -0.4 is 20.9 Å². The van der Waals surface area contributed by atoms with E-state index >= 15 is 0 Å². The standard InChI is InChI=1S/C12H16N4O/c1-5-7-9-10(8-6-2)15-11(14-9)16(4)12(17)13-3/h5-8H,1-2H2,3-4H3,(H,13,17)(H,14,15)/b9-7+,10-8+. The van der Waals surface area contributed by atoms with Crippen molar-refractivity contribution in [3.05, 3.63) is 36.0 Å². The van der Waals surface area contributed by atoms with E-state index in [2.05, 4.69) is 28.4 Å². The molecule has 0 aromatic carbocycles. The van der Waals surface area contributed by atoms with Gasteiger partial charge in [-0.3, -0.25) is 4.90 Å². The maximum atomic E-state index is 11.4. The van der Waals surface area contributed by atoms with Crippen molar-refractivity contribution < 1.29 is 4.79 Å². The number of nitrogens with zero attached hydrogens (tertiary/aromatic N) is 2. The van der Waals surface area contributed by atoms with Crippen LogP contribution >= 0.6 is 0 Å². The van der Waals surface area contributed by atoms with Crippen LogP contribution in [0.4, 0.5) is 10.7 Å². The fraction of sp³-hybridized carbons (Fsp3) is 0.167. The minimum atomic E-state index is -0.242. The van der Waals surface area contributed by atoms with Gasteiger partial charge in [-0.1, -0.05) is 25.3 Å². The number of carbonyl (C=O) groups excluding carboxylic acids is 1. The third-order valence-corrected chi connectivity index (χ3v) is 2.15. The molecule has 1 heterocycles. The van der Waals surface area contributed by atoms with Gasteiger partial charge in [-0.2, -0.15) is 0 Å². The number of aromatic nitrogens is 2. The van der Waals surface area contributed by atoms with Gasteiger partial charge < -0.3 is 10.3 Å². The number of aromatic amines is 1. The van der Waals surface area contributed by atoms with Crippen LogP contribution in [0.5, 0.6) is 0 Å². The summed E-state index contributed by atoms with van der Waals surface area (Å²) < 4.78 is 0. The van der Waals surface area contributed by atoms with E-state index < -0.39 is 0 Å². The van der Waals surface area contributed by atoms with Crippen molar-refractivity contribution in [3.8, 4) is 0 Å². The topological polar surface area (TPSA) is 61.0 Å². The molecule has 0 unspecified atom stereocenters. The van der Waals surface area contributed by atoms with E-state index in [9.17, 15) is 4.79 Å². The second-order valence-electron chi connectivity index (χ2n) is 3.28. The number of H-pyrrole nitrogens is 1. The van der Waals surface area contributed by atoms with Gasteiger partial charge in [-0.25, -0.2) is 9.78 Å². The highest BCUT2D eigenvalue weighted by Gasteiger charge is 2.11. The van der Waals surface area contributed by atoms with E-state index in [-0.39, 0.29) is 6.03 Å². The molecular formula is C12H16N4O. The lowest BCUT2D eigenvalue weighted by Crippen LogP contribution is -2.35. The molecular weight excluding hydrogens is 216 g/mol. The molecule has 0 spiro atoms. The summed E-state index contributed by atoms with van der Waals surface area (Å²) in [6.07, 6.45) is 6.83. The van der Waals surface area contributed by atoms with Crippen LogP contribution in [-0.4, -0.2) is 30.1 Å². The first-order valence-corrected chi connectivity index (χ1v) is 5.11. The third kappa shape index (κ3) is 2.84. The highest BCUT2D eigenvalue weighted by atomic mass is 16.2. The van der Waals surface area contributed by atoms with E-state index in [1.165, 1.54) is 4.90 Å². The minimum absolute atomic E-state index is 0.242. The van der Waals surface area contributed by atoms with E-state index in [1.807, 2.05) is 0 Å². The Hall–Kier alpha value is -2.30. The normalized spacial score (nSPS) is 12.4. The van der Waals surface area contributed by atoms with Crippen LogP contribution in [0, 0.1) is 0 Å². The quantitative estimate of drug-likeness (QED) is 0.777. The van der Waals surface area contributed by atoms with Gasteiger partial charge in [0.25, 0.3) is 0 Å². The number of carbonyl (C=O) groups is 1. The minimum Gasteiger partial charge on any atom is -0.341 e. The molecule has 2 amide bonds. The number of rotatable bonds is 3. The molecule has 5 nitrogen and oxygen atoms in total. The molecule has 0 fully saturated rings. The predicted molar refractivity (Wildman–Crippen MR) is 70.0 cm³/mol. The summed E-state index contributed by atoms with van der Waals surface area (Å²) in [5.74, 6) is 0.463. The lowest BCUT2D eigenvalue weighted by molar-refractivity contribution is 0.249. The number of amides is 2. The second-order valence-corrected chi connectivity index (χ2v) is 3.28. The molecule has 90 valence electrons. The van der Waals surface area contributed by atoms with Crippen LogP contribution in [0.2, 0.25) is 0 Å². The number of hydrogen-bond acceptors (Lipinski definition) is 2. The predicted octanol–water partition coefficient (Wildman–Crippen LogP) is 0.118. The van der Waals surface area contributed by atoms with Gasteiger partial charge in [0.05, 0.1) is 10.7 Å². The Kier molecular flexibility index (Phi) is 4.28. The SMILES string of the molecule is C=C/C=c1/nc(N(C)C(=O)NC)[nH]/c1=C/C=C. The van der Waals surface area contributed by atoms with Crippen LogP contribution in [0.1, 0.15) is 0 Å². The molecule has 2 N–H and O–H groups in total. The second kappa shape index (κ2) is 5.69. The Morgan fingerprint density at radius 1 is 1.41 bits per heavy atom. The summed E-state index contributed by atoms with van der Waals surface area (Å²) in [5, 5.41) is 4.02. The van der Waals surface area contributed by atoms with Crippen LogP contribution in [0.25, 0.3) is 12.2 Å². The van der Waals surface area contributed by atoms with Gasteiger partial charge in [-0.05, 0) is 12.2 Å². The molecule has 0 aliphatic rings. The van der Waals surface area contributed by atoms with Crippen molar-refractivity contribution in [1.82, 2.24) is 15.3 Å². The molecule has 0 bridgehead atoms. The molecule has 1 rings (SSSR count). The number of imidazole rings is 1. The molecule has 0 saturated carbocycles. The van der Waals surface area contributed by atoms with Crippen molar-refractivity contribution >= 4 is 24.1 Å². The highest BCUT2D eigenvalue weighted by Crippen LogP contribution is 1.98. The Morgan fingerprint density at radius 3 is 2.59 bits per heavy atom. The van der Waals surface area contributed by atoms with Gasteiger partial charge in [0.2, 0.25) is 5.95 Å². The average molecular weight is 232 g/mol. The van der Waals surface area contributed by atoms with Crippen molar-refractivity contribution in [2.75, 3.05) is 19.0 Å². The van der Waals surface area contributed by atoms with Crippen molar-refractivity contribution in [1.29, 1.82) is 0 Å². The Morgan fingerprint density at radius 2 is 2.06 bits per heavy atom. The largest absolute Gasteiger partial charge is 0.341 e. The summed E-state index contributed by atoms with van der Waals surface area (Å²) in [4.78, 5) is 20.2. The van der Waals surface area contributed by atoms with Gasteiger partial charge in [-0.15, -0.1) is 0 Å². The van der Waals surface area contributed by atoms with Crippen LogP contribution in [0.15, 0.2) is 25.3 Å². The first kappa shape index (κ1) is 12.8. The lowest BCUT2D eigenvalue weighted by atomic mass is 10.4. The molecule has 1 aromatic rings. The maximum Gasteiger partial charge on any atom is 0.323 e. The zero-order valence-corrected chi connectivity index (χ0v) is 10.0. The Bertz CT molecular complexity index is 504. The van der Waals surface area contributed by atoms with Crippen molar-refractivity contribution in [3.63, 3.8) is 0 Å². The molecule has 0 saturated heterocycles. The van der Waals surface area contributed by atoms with Gasteiger partial charge in [0.1, 0.15) is 0 Å². The maximum absolute atomic E-state index is 11.4. The molecule has 1 aromatic heterocycles. The number of anilines is 1. The summed E-state index contributed by atoms with van der Waals surface area (Å²) >= 11 is 0. The van der Waals surface area contributed by atoms with Crippen molar-refractivity contribution in [2.45, 2.75) is 0 Å². The fourth-order valence-electron chi connectivity index (χ4n) is 1.29. The van der Waals surface area contributed by atoms with E-state index in [0.717, 1.165) is 5.35 Å². The fourth-order valence-corrected chi connectivity index (χ4v) is 1.29. The molecule has 5 heteroatoms. The van der Waals surface area contributed by atoms with E-state index in [1.54, 1.807) is 38.4 Å². The number of allylic oxidation sites excluding steroid dienone is 2. The average Bonchev–Trinajstić information content (AvgIpc) is 2.72. The molecule has 0 aliphatic carbocycles. The lowest BCUT2D eigenvalue weighted by Gasteiger charge is -2.12. The molecule has 0 atom stereocenters. The number of hydrogen-bond donors (Lipinski definition) is 2. The highest BCUT2D eigenvalue weighted by molar-refractivity contribution is 5.89. The first-order valence-electron chi connectivity index (χ1n) is 5.11. The summed E-state index contributed by atoms with van der Waals surface area (Å²) in [5.41, 5.74) is 0. The van der Waals surface area contributed by atoms with Gasteiger partial charge in [0.15, 0.2) is 0 Å². The van der Waals surface area contributed by atoms with Gasteiger partial charge in [0, 0.05) is 14.1 Å². The monoisotopic (exact) mass is 232 g/mol. The number of nitrogens with one attached hydrogen (secondary N) is 2. The number of urea groups is 1. The molecule has 0 radical (unpaired) electrons.